The number of hydrogen-bond donors (Lipinski definition) is 1. The van der Waals surface area contributed by atoms with E-state index in [1.165, 1.54) is 18.4 Å². The molecule has 0 radical (unpaired) electrons. The number of nitrogens with one attached hydrogen (secondary N) is 1. The lowest BCUT2D eigenvalue weighted by molar-refractivity contribution is -0.137. The molecule has 0 bridgehead atoms. The van der Waals surface area contributed by atoms with E-state index in [2.05, 4.69) is 10.2 Å². The van der Waals surface area contributed by atoms with Gasteiger partial charge in [0.25, 0.3) is 5.91 Å². The normalized spacial score (nSPS) is 18.9. The maximum absolute atomic E-state index is 12.9. The molecule has 178 valence electrons. The molecule has 2 amide bonds. The number of furan rings is 1. The summed E-state index contributed by atoms with van der Waals surface area (Å²) in [5.74, 6) is 0.0759. The molecule has 0 atom stereocenters. The van der Waals surface area contributed by atoms with Gasteiger partial charge in [-0.2, -0.15) is 13.2 Å². The van der Waals surface area contributed by atoms with Crippen molar-refractivity contribution < 1.29 is 27.2 Å². The fraction of sp³-hybridized carbons (Fsp3) is 0.500. The zero-order valence-corrected chi connectivity index (χ0v) is 18.3. The van der Waals surface area contributed by atoms with E-state index in [1.807, 2.05) is 0 Å². The Morgan fingerprint density at radius 3 is 2.36 bits per heavy atom. The van der Waals surface area contributed by atoms with Crippen LogP contribution in [0.25, 0.3) is 0 Å². The van der Waals surface area contributed by atoms with Crippen molar-refractivity contribution in [3.8, 4) is 0 Å². The third kappa shape index (κ3) is 5.96. The molecule has 33 heavy (non-hydrogen) atoms. The molecule has 6 nitrogen and oxygen atoms in total. The molecule has 2 aromatic rings. The van der Waals surface area contributed by atoms with Crippen molar-refractivity contribution in [3.05, 3.63) is 59.5 Å². The average molecular weight is 464 g/mol. The summed E-state index contributed by atoms with van der Waals surface area (Å²) in [6.45, 7) is 2.95. The summed E-state index contributed by atoms with van der Waals surface area (Å²) in [4.78, 5) is 28.9. The van der Waals surface area contributed by atoms with Gasteiger partial charge in [0.1, 0.15) is 0 Å². The van der Waals surface area contributed by atoms with Crippen LogP contribution in [0.3, 0.4) is 0 Å². The number of halogens is 3. The molecule has 1 aromatic heterocycles. The van der Waals surface area contributed by atoms with Crippen LogP contribution in [0.5, 0.6) is 0 Å². The molecular weight excluding hydrogens is 435 g/mol. The minimum atomic E-state index is -4.34. The molecule has 2 fully saturated rings. The fourth-order valence-electron chi connectivity index (χ4n) is 4.56. The van der Waals surface area contributed by atoms with Gasteiger partial charge in [0.05, 0.1) is 11.8 Å². The minimum Gasteiger partial charge on any atom is -0.459 e. The number of rotatable bonds is 5. The molecule has 0 spiro atoms. The van der Waals surface area contributed by atoms with Gasteiger partial charge >= 0.3 is 6.18 Å². The lowest BCUT2D eigenvalue weighted by atomic mass is 9.94. The van der Waals surface area contributed by atoms with Crippen molar-refractivity contribution in [1.82, 2.24) is 15.1 Å². The summed E-state index contributed by atoms with van der Waals surface area (Å²) in [5.41, 5.74) is 0.0159. The van der Waals surface area contributed by atoms with Crippen LogP contribution < -0.4 is 5.32 Å². The topological polar surface area (TPSA) is 65.8 Å². The second-order valence-corrected chi connectivity index (χ2v) is 8.80. The number of benzene rings is 1. The first-order valence-corrected chi connectivity index (χ1v) is 11.3. The highest BCUT2D eigenvalue weighted by molar-refractivity contribution is 5.91. The Balaban J connectivity index is 1.20. The largest absolute Gasteiger partial charge is 0.459 e. The standard InChI is InChI=1S/C24H28F3N3O3/c25-24(26,27)19-4-1-3-17(15-19)16-29-10-8-20(9-11-29)28-22(31)18-6-12-30(13-7-18)23(32)21-5-2-14-33-21/h1-5,14-15,18,20H,6-13,16H2,(H,28,31). The highest BCUT2D eigenvalue weighted by atomic mass is 19.4. The number of carbonyl (C=O) groups is 2. The summed E-state index contributed by atoms with van der Waals surface area (Å²) in [5, 5.41) is 3.14. The Hall–Kier alpha value is -2.81. The molecule has 1 aromatic carbocycles. The first kappa shape index (κ1) is 23.4. The van der Waals surface area contributed by atoms with E-state index in [1.54, 1.807) is 23.1 Å². The van der Waals surface area contributed by atoms with E-state index in [4.69, 9.17) is 4.42 Å². The van der Waals surface area contributed by atoms with Crippen LogP contribution in [0.4, 0.5) is 13.2 Å². The van der Waals surface area contributed by atoms with Crippen molar-refractivity contribution in [3.63, 3.8) is 0 Å². The lowest BCUT2D eigenvalue weighted by Crippen LogP contribution is -2.48. The van der Waals surface area contributed by atoms with E-state index in [9.17, 15) is 22.8 Å². The third-order valence-corrected chi connectivity index (χ3v) is 6.48. The number of carbonyl (C=O) groups excluding carboxylic acids is 2. The van der Waals surface area contributed by atoms with E-state index < -0.39 is 11.7 Å². The monoisotopic (exact) mass is 463 g/mol. The van der Waals surface area contributed by atoms with E-state index in [-0.39, 0.29) is 23.8 Å². The summed E-state index contributed by atoms with van der Waals surface area (Å²) in [6.07, 6.45) is -0.103. The second kappa shape index (κ2) is 9.99. The van der Waals surface area contributed by atoms with Crippen LogP contribution in [0, 0.1) is 5.92 Å². The molecule has 2 aliphatic heterocycles. The molecule has 0 aliphatic carbocycles. The van der Waals surface area contributed by atoms with Gasteiger partial charge < -0.3 is 14.6 Å². The minimum absolute atomic E-state index is 0.0245. The van der Waals surface area contributed by atoms with E-state index in [0.29, 0.717) is 43.8 Å². The van der Waals surface area contributed by atoms with Crippen LogP contribution in [0.1, 0.15) is 47.4 Å². The molecule has 2 aliphatic rings. The summed E-state index contributed by atoms with van der Waals surface area (Å²) < 4.78 is 43.9. The van der Waals surface area contributed by atoms with E-state index in [0.717, 1.165) is 32.0 Å². The maximum atomic E-state index is 12.9. The molecule has 4 rings (SSSR count). The Bertz CT molecular complexity index is 945. The highest BCUT2D eigenvalue weighted by Crippen LogP contribution is 2.30. The van der Waals surface area contributed by atoms with Gasteiger partial charge in [0.2, 0.25) is 5.91 Å². The second-order valence-electron chi connectivity index (χ2n) is 8.80. The molecule has 0 unspecified atom stereocenters. The molecule has 1 N–H and O–H groups in total. The van der Waals surface area contributed by atoms with Gasteiger partial charge in [-0.05, 0) is 49.4 Å². The van der Waals surface area contributed by atoms with Gasteiger partial charge in [0.15, 0.2) is 5.76 Å². The Morgan fingerprint density at radius 1 is 1.00 bits per heavy atom. The van der Waals surface area contributed by atoms with Gasteiger partial charge in [-0.25, -0.2) is 0 Å². The van der Waals surface area contributed by atoms with E-state index >= 15 is 0 Å². The Morgan fingerprint density at radius 2 is 1.73 bits per heavy atom. The predicted octanol–water partition coefficient (Wildman–Crippen LogP) is 3.93. The van der Waals surface area contributed by atoms with Crippen molar-refractivity contribution in [1.29, 1.82) is 0 Å². The van der Waals surface area contributed by atoms with Gasteiger partial charge in [-0.15, -0.1) is 0 Å². The number of piperidine rings is 2. The average Bonchev–Trinajstić information content (AvgIpc) is 3.35. The Labute approximate surface area is 190 Å². The van der Waals surface area contributed by atoms with Gasteiger partial charge in [0, 0.05) is 44.7 Å². The van der Waals surface area contributed by atoms with Gasteiger partial charge in [-0.1, -0.05) is 18.2 Å². The molecule has 9 heteroatoms. The van der Waals surface area contributed by atoms with Crippen LogP contribution in [-0.2, 0) is 17.5 Å². The van der Waals surface area contributed by atoms with Gasteiger partial charge in [-0.3, -0.25) is 14.5 Å². The quantitative estimate of drug-likeness (QED) is 0.730. The first-order chi connectivity index (χ1) is 15.8. The number of amides is 2. The maximum Gasteiger partial charge on any atom is 0.416 e. The van der Waals surface area contributed by atoms with Crippen LogP contribution in [-0.4, -0.2) is 53.8 Å². The number of alkyl halides is 3. The highest BCUT2D eigenvalue weighted by Gasteiger charge is 2.32. The molecule has 0 saturated carbocycles. The first-order valence-electron chi connectivity index (χ1n) is 11.3. The molecule has 3 heterocycles. The summed E-state index contributed by atoms with van der Waals surface area (Å²) in [6, 6.07) is 8.83. The molecule has 2 saturated heterocycles. The summed E-state index contributed by atoms with van der Waals surface area (Å²) in [7, 11) is 0. The van der Waals surface area contributed by atoms with Crippen molar-refractivity contribution in [2.45, 2.75) is 44.4 Å². The lowest BCUT2D eigenvalue weighted by Gasteiger charge is -2.35. The van der Waals surface area contributed by atoms with Crippen molar-refractivity contribution >= 4 is 11.8 Å². The smallest absolute Gasteiger partial charge is 0.416 e. The number of nitrogens with zero attached hydrogens (tertiary/aromatic N) is 2. The zero-order chi connectivity index (χ0) is 23.4. The SMILES string of the molecule is O=C(NC1CCN(Cc2cccc(C(F)(F)F)c2)CC1)C1CCN(C(=O)c2ccco2)CC1. The fourth-order valence-corrected chi connectivity index (χ4v) is 4.56. The molecular formula is C24H28F3N3O3. The van der Waals surface area contributed by atoms with Crippen molar-refractivity contribution in [2.75, 3.05) is 26.2 Å². The third-order valence-electron chi connectivity index (χ3n) is 6.48. The van der Waals surface area contributed by atoms with Crippen LogP contribution >= 0.6 is 0 Å². The van der Waals surface area contributed by atoms with Crippen LogP contribution in [0.15, 0.2) is 47.1 Å². The Kier molecular flexibility index (Phi) is 7.07. The van der Waals surface area contributed by atoms with Crippen LogP contribution in [0.2, 0.25) is 0 Å². The number of hydrogen-bond acceptors (Lipinski definition) is 4. The van der Waals surface area contributed by atoms with Crippen molar-refractivity contribution in [2.24, 2.45) is 5.92 Å². The number of likely N-dealkylation sites (tertiary alicyclic amines) is 2. The predicted molar refractivity (Wildman–Crippen MR) is 115 cm³/mol. The zero-order valence-electron chi connectivity index (χ0n) is 18.3. The summed E-state index contributed by atoms with van der Waals surface area (Å²) >= 11 is 0.